The average molecular weight is 285 g/mol. The molecule has 0 bridgehead atoms. The molecule has 0 unspecified atom stereocenters. The Morgan fingerprint density at radius 3 is 2.53 bits per heavy atom. The van der Waals surface area contributed by atoms with E-state index in [0.717, 1.165) is 0 Å². The van der Waals surface area contributed by atoms with Crippen molar-refractivity contribution < 1.29 is 23.0 Å². The SMILES string of the molecule is Oc1cc(COCC(F)(F)F)ccc1Br. The molecule has 0 amide bonds. The van der Waals surface area contributed by atoms with Crippen molar-refractivity contribution in [1.29, 1.82) is 0 Å². The van der Waals surface area contributed by atoms with Crippen LogP contribution in [0.3, 0.4) is 0 Å². The van der Waals surface area contributed by atoms with Crippen molar-refractivity contribution in [3.05, 3.63) is 28.2 Å². The molecule has 1 N–H and O–H groups in total. The Labute approximate surface area is 92.8 Å². The number of hydrogen-bond acceptors (Lipinski definition) is 2. The van der Waals surface area contributed by atoms with Gasteiger partial charge in [-0.2, -0.15) is 13.2 Å². The summed E-state index contributed by atoms with van der Waals surface area (Å²) in [5, 5.41) is 9.23. The standard InChI is InChI=1S/C9H8BrF3O2/c10-7-2-1-6(3-8(7)14)4-15-5-9(11,12)13/h1-3,14H,4-5H2. The maximum absolute atomic E-state index is 11.7. The molecule has 0 aromatic heterocycles. The molecule has 0 heterocycles. The van der Waals surface area contributed by atoms with Gasteiger partial charge in [-0.15, -0.1) is 0 Å². The van der Waals surface area contributed by atoms with Crippen molar-refractivity contribution in [2.45, 2.75) is 12.8 Å². The van der Waals surface area contributed by atoms with Crippen molar-refractivity contribution in [3.63, 3.8) is 0 Å². The maximum atomic E-state index is 11.7. The Bertz CT molecular complexity index is 339. The van der Waals surface area contributed by atoms with Crippen LogP contribution < -0.4 is 0 Å². The predicted octanol–water partition coefficient (Wildman–Crippen LogP) is 3.23. The van der Waals surface area contributed by atoms with Crippen molar-refractivity contribution in [3.8, 4) is 5.75 Å². The Morgan fingerprint density at radius 1 is 1.33 bits per heavy atom. The lowest BCUT2D eigenvalue weighted by Crippen LogP contribution is -2.16. The van der Waals surface area contributed by atoms with Crippen molar-refractivity contribution in [2.75, 3.05) is 6.61 Å². The Morgan fingerprint density at radius 2 is 2.00 bits per heavy atom. The molecule has 84 valence electrons. The largest absolute Gasteiger partial charge is 0.507 e. The predicted molar refractivity (Wildman–Crippen MR) is 51.5 cm³/mol. The summed E-state index contributed by atoms with van der Waals surface area (Å²) in [5.74, 6) is -0.0249. The minimum absolute atomic E-state index is 0.0249. The summed E-state index contributed by atoms with van der Waals surface area (Å²) >= 11 is 3.06. The summed E-state index contributed by atoms with van der Waals surface area (Å²) in [5.41, 5.74) is 0.486. The molecule has 1 aromatic rings. The minimum atomic E-state index is -4.32. The summed E-state index contributed by atoms with van der Waals surface area (Å²) in [6.45, 7) is -1.47. The topological polar surface area (TPSA) is 29.5 Å². The van der Waals surface area contributed by atoms with Crippen LogP contribution >= 0.6 is 15.9 Å². The zero-order valence-electron chi connectivity index (χ0n) is 7.51. The fourth-order valence-electron chi connectivity index (χ4n) is 0.933. The van der Waals surface area contributed by atoms with E-state index in [2.05, 4.69) is 20.7 Å². The van der Waals surface area contributed by atoms with Crippen LogP contribution in [0.1, 0.15) is 5.56 Å². The first kappa shape index (κ1) is 12.3. The van der Waals surface area contributed by atoms with Crippen LogP contribution in [0.2, 0.25) is 0 Å². The lowest BCUT2D eigenvalue weighted by atomic mass is 10.2. The van der Waals surface area contributed by atoms with Gasteiger partial charge in [-0.3, -0.25) is 0 Å². The van der Waals surface area contributed by atoms with Gasteiger partial charge < -0.3 is 9.84 Å². The molecule has 0 aliphatic rings. The maximum Gasteiger partial charge on any atom is 0.411 e. The Kier molecular flexibility index (Phi) is 3.98. The molecular weight excluding hydrogens is 277 g/mol. The van der Waals surface area contributed by atoms with Crippen LogP contribution in [0.5, 0.6) is 5.75 Å². The smallest absolute Gasteiger partial charge is 0.411 e. The molecule has 0 saturated carbocycles. The van der Waals surface area contributed by atoms with Gasteiger partial charge in [0.15, 0.2) is 0 Å². The molecule has 0 atom stereocenters. The molecular formula is C9H8BrF3O2. The molecule has 15 heavy (non-hydrogen) atoms. The van der Waals surface area contributed by atoms with Gasteiger partial charge in [-0.1, -0.05) is 6.07 Å². The van der Waals surface area contributed by atoms with Crippen LogP contribution in [-0.2, 0) is 11.3 Å². The first-order valence-electron chi connectivity index (χ1n) is 4.00. The van der Waals surface area contributed by atoms with Gasteiger partial charge in [0.25, 0.3) is 0 Å². The molecule has 0 spiro atoms. The van der Waals surface area contributed by atoms with Gasteiger partial charge in [-0.25, -0.2) is 0 Å². The van der Waals surface area contributed by atoms with Gasteiger partial charge in [0, 0.05) is 0 Å². The number of phenolic OH excluding ortho intramolecular Hbond substituents is 1. The van der Waals surface area contributed by atoms with Crippen LogP contribution in [0.15, 0.2) is 22.7 Å². The summed E-state index contributed by atoms with van der Waals surface area (Å²) < 4.78 is 40.1. The zero-order chi connectivity index (χ0) is 11.5. The van der Waals surface area contributed by atoms with Crippen LogP contribution in [-0.4, -0.2) is 17.9 Å². The average Bonchev–Trinajstić information content (AvgIpc) is 2.09. The normalized spacial score (nSPS) is 11.7. The van der Waals surface area contributed by atoms with E-state index >= 15 is 0 Å². The van der Waals surface area contributed by atoms with E-state index in [1.165, 1.54) is 6.07 Å². The third-order valence-electron chi connectivity index (χ3n) is 1.55. The first-order chi connectivity index (χ1) is 6.88. The Balaban J connectivity index is 2.48. The van der Waals surface area contributed by atoms with Crippen molar-refractivity contribution >= 4 is 15.9 Å². The summed E-state index contributed by atoms with van der Waals surface area (Å²) in [4.78, 5) is 0. The fraction of sp³-hybridized carbons (Fsp3) is 0.333. The van der Waals surface area contributed by atoms with Crippen molar-refractivity contribution in [2.24, 2.45) is 0 Å². The molecule has 1 aromatic carbocycles. The molecule has 0 radical (unpaired) electrons. The minimum Gasteiger partial charge on any atom is -0.507 e. The zero-order valence-corrected chi connectivity index (χ0v) is 9.10. The molecule has 0 aliphatic heterocycles. The number of hydrogen-bond donors (Lipinski definition) is 1. The van der Waals surface area contributed by atoms with Gasteiger partial charge >= 0.3 is 6.18 Å². The van der Waals surface area contributed by atoms with Gasteiger partial charge in [0.05, 0.1) is 11.1 Å². The molecule has 6 heteroatoms. The fourth-order valence-corrected chi connectivity index (χ4v) is 1.18. The number of alkyl halides is 3. The van der Waals surface area contributed by atoms with E-state index in [1.807, 2.05) is 0 Å². The number of ether oxygens (including phenoxy) is 1. The molecule has 0 fully saturated rings. The van der Waals surface area contributed by atoms with Gasteiger partial charge in [-0.05, 0) is 33.6 Å². The highest BCUT2D eigenvalue weighted by Crippen LogP contribution is 2.25. The van der Waals surface area contributed by atoms with E-state index in [0.29, 0.717) is 10.0 Å². The quantitative estimate of drug-likeness (QED) is 0.923. The summed E-state index contributed by atoms with van der Waals surface area (Å²) in [7, 11) is 0. The Hall–Kier alpha value is -0.750. The van der Waals surface area contributed by atoms with Gasteiger partial charge in [0.2, 0.25) is 0 Å². The highest BCUT2D eigenvalue weighted by atomic mass is 79.9. The van der Waals surface area contributed by atoms with Crippen LogP contribution in [0.25, 0.3) is 0 Å². The molecule has 2 nitrogen and oxygen atoms in total. The second-order valence-corrected chi connectivity index (χ2v) is 3.75. The van der Waals surface area contributed by atoms with E-state index in [1.54, 1.807) is 12.1 Å². The van der Waals surface area contributed by atoms with E-state index < -0.39 is 12.8 Å². The number of rotatable bonds is 3. The highest BCUT2D eigenvalue weighted by Gasteiger charge is 2.27. The van der Waals surface area contributed by atoms with Gasteiger partial charge in [0.1, 0.15) is 12.4 Å². The second kappa shape index (κ2) is 4.85. The van der Waals surface area contributed by atoms with Crippen LogP contribution in [0, 0.1) is 0 Å². The second-order valence-electron chi connectivity index (χ2n) is 2.89. The third kappa shape index (κ3) is 4.53. The highest BCUT2D eigenvalue weighted by molar-refractivity contribution is 9.10. The molecule has 1 rings (SSSR count). The van der Waals surface area contributed by atoms with Crippen LogP contribution in [0.4, 0.5) is 13.2 Å². The summed E-state index contributed by atoms with van der Waals surface area (Å²) in [6.07, 6.45) is -4.32. The van der Waals surface area contributed by atoms with E-state index in [-0.39, 0.29) is 12.4 Å². The lowest BCUT2D eigenvalue weighted by molar-refractivity contribution is -0.176. The van der Waals surface area contributed by atoms with Crippen molar-refractivity contribution in [1.82, 2.24) is 0 Å². The number of benzene rings is 1. The monoisotopic (exact) mass is 284 g/mol. The number of aromatic hydroxyl groups is 1. The number of phenols is 1. The van der Waals surface area contributed by atoms with E-state index in [4.69, 9.17) is 0 Å². The van der Waals surface area contributed by atoms with E-state index in [9.17, 15) is 18.3 Å². The molecule has 0 aliphatic carbocycles. The molecule has 0 saturated heterocycles. The third-order valence-corrected chi connectivity index (χ3v) is 2.22. The number of halogens is 4. The first-order valence-corrected chi connectivity index (χ1v) is 4.80. The lowest BCUT2D eigenvalue weighted by Gasteiger charge is -2.08. The summed E-state index contributed by atoms with van der Waals surface area (Å²) in [6, 6.07) is 4.46.